The molecule has 2 atom stereocenters. The number of hydrogen-bond acceptors (Lipinski definition) is 4. The first-order chi connectivity index (χ1) is 17.3. The molecule has 5 rings (SSSR count). The number of hydrogen-bond donors (Lipinski definition) is 1. The summed E-state index contributed by atoms with van der Waals surface area (Å²) in [5.74, 6) is 1.19. The standard InChI is InChI=1S/C30H38FN3O2/c1-20(2)28-24-13-12-23(31)19-22(24)14-15-30(28,36-29(35)21-10-11-21)16-18-34(3)17-6-9-27-32-25-7-4-5-8-26(25)33-27/h4-5,7-8,12-13,19-21,28H,6,9-11,14-18H2,1-3H3,(H,32,33)/t28-,30-/m0/s1. The van der Waals surface area contributed by atoms with Crippen LogP contribution in [0.4, 0.5) is 4.39 Å². The number of nitrogens with one attached hydrogen (secondary N) is 1. The van der Waals surface area contributed by atoms with Crippen LogP contribution < -0.4 is 0 Å². The van der Waals surface area contributed by atoms with E-state index in [4.69, 9.17) is 9.72 Å². The van der Waals surface area contributed by atoms with Gasteiger partial charge < -0.3 is 14.6 Å². The highest BCUT2D eigenvalue weighted by molar-refractivity contribution is 5.76. The van der Waals surface area contributed by atoms with E-state index in [1.54, 1.807) is 12.1 Å². The fourth-order valence-corrected chi connectivity index (χ4v) is 6.03. The molecule has 2 aliphatic carbocycles. The first-order valence-electron chi connectivity index (χ1n) is 13.5. The van der Waals surface area contributed by atoms with E-state index in [0.717, 1.165) is 86.0 Å². The van der Waals surface area contributed by atoms with Crippen LogP contribution in [0.3, 0.4) is 0 Å². The fraction of sp³-hybridized carbons (Fsp3) is 0.533. The largest absolute Gasteiger partial charge is 0.458 e. The van der Waals surface area contributed by atoms with Gasteiger partial charge in [0.15, 0.2) is 0 Å². The second kappa shape index (κ2) is 10.3. The lowest BCUT2D eigenvalue weighted by atomic mass is 9.65. The van der Waals surface area contributed by atoms with E-state index in [1.807, 2.05) is 24.3 Å². The van der Waals surface area contributed by atoms with E-state index >= 15 is 0 Å². The Morgan fingerprint density at radius 3 is 2.78 bits per heavy atom. The first-order valence-corrected chi connectivity index (χ1v) is 13.5. The Morgan fingerprint density at radius 2 is 2.03 bits per heavy atom. The highest BCUT2D eigenvalue weighted by Crippen LogP contribution is 2.49. The smallest absolute Gasteiger partial charge is 0.309 e. The molecule has 1 saturated carbocycles. The molecule has 0 spiro atoms. The third-order valence-corrected chi connectivity index (χ3v) is 8.01. The summed E-state index contributed by atoms with van der Waals surface area (Å²) < 4.78 is 20.4. The number of carbonyl (C=O) groups excluding carboxylic acids is 1. The molecule has 0 bridgehead atoms. The number of benzene rings is 2. The van der Waals surface area contributed by atoms with Crippen molar-refractivity contribution in [3.63, 3.8) is 0 Å². The molecule has 3 aromatic rings. The lowest BCUT2D eigenvalue weighted by Crippen LogP contribution is -2.48. The van der Waals surface area contributed by atoms with Gasteiger partial charge in [-0.05, 0) is 87.0 Å². The molecule has 192 valence electrons. The molecule has 2 aliphatic rings. The van der Waals surface area contributed by atoms with Crippen LogP contribution in [0.15, 0.2) is 42.5 Å². The average Bonchev–Trinajstić information content (AvgIpc) is 3.62. The van der Waals surface area contributed by atoms with E-state index in [0.29, 0.717) is 0 Å². The summed E-state index contributed by atoms with van der Waals surface area (Å²) in [6.07, 6.45) is 6.04. The van der Waals surface area contributed by atoms with E-state index in [1.165, 1.54) is 0 Å². The number of nitrogens with zero attached hydrogens (tertiary/aromatic N) is 2. The van der Waals surface area contributed by atoms with Crippen molar-refractivity contribution in [2.24, 2.45) is 11.8 Å². The molecule has 5 nitrogen and oxygen atoms in total. The van der Waals surface area contributed by atoms with Gasteiger partial charge in [-0.3, -0.25) is 4.79 Å². The lowest BCUT2D eigenvalue weighted by Gasteiger charge is -2.47. The molecular weight excluding hydrogens is 453 g/mol. The number of rotatable bonds is 10. The van der Waals surface area contributed by atoms with Gasteiger partial charge in [-0.2, -0.15) is 0 Å². The number of carbonyl (C=O) groups is 1. The molecule has 1 aromatic heterocycles. The summed E-state index contributed by atoms with van der Waals surface area (Å²) in [7, 11) is 2.14. The van der Waals surface area contributed by atoms with Crippen LogP contribution >= 0.6 is 0 Å². The topological polar surface area (TPSA) is 58.2 Å². The second-order valence-electron chi connectivity index (χ2n) is 11.2. The third kappa shape index (κ3) is 5.34. The van der Waals surface area contributed by atoms with Gasteiger partial charge in [-0.15, -0.1) is 0 Å². The number of imidazole rings is 1. The van der Waals surface area contributed by atoms with E-state index in [2.05, 4.69) is 36.8 Å². The number of esters is 1. The SMILES string of the molecule is CC(C)[C@H]1c2ccc(F)cc2CC[C@@]1(CCN(C)CCCc1nc2ccccc2[nH]1)OC(=O)C1CC1. The highest BCUT2D eigenvalue weighted by atomic mass is 19.1. The lowest BCUT2D eigenvalue weighted by molar-refractivity contribution is -0.169. The van der Waals surface area contributed by atoms with Crippen LogP contribution in [-0.2, 0) is 22.4 Å². The molecule has 2 aromatic carbocycles. The minimum Gasteiger partial charge on any atom is -0.458 e. The number of aromatic amines is 1. The first kappa shape index (κ1) is 24.9. The minimum absolute atomic E-state index is 0.0428. The Labute approximate surface area is 213 Å². The maximum atomic E-state index is 14.0. The van der Waals surface area contributed by atoms with Crippen LogP contribution in [0.1, 0.15) is 68.8 Å². The van der Waals surface area contributed by atoms with Gasteiger partial charge in [0.25, 0.3) is 0 Å². The third-order valence-electron chi connectivity index (χ3n) is 8.01. The molecule has 1 N–H and O–H groups in total. The number of H-pyrrole nitrogens is 1. The molecule has 1 heterocycles. The summed E-state index contributed by atoms with van der Waals surface area (Å²) >= 11 is 0. The van der Waals surface area contributed by atoms with Crippen LogP contribution in [0.5, 0.6) is 0 Å². The Morgan fingerprint density at radius 1 is 1.22 bits per heavy atom. The Bertz CT molecular complexity index is 1180. The molecule has 1 fully saturated rings. The maximum absolute atomic E-state index is 14.0. The zero-order chi connectivity index (χ0) is 25.3. The predicted molar refractivity (Wildman–Crippen MR) is 140 cm³/mol. The fourth-order valence-electron chi connectivity index (χ4n) is 6.03. The molecule has 6 heteroatoms. The molecule has 0 radical (unpaired) electrons. The monoisotopic (exact) mass is 491 g/mol. The summed E-state index contributed by atoms with van der Waals surface area (Å²) in [5, 5.41) is 0. The van der Waals surface area contributed by atoms with Gasteiger partial charge in [0.05, 0.1) is 17.0 Å². The van der Waals surface area contributed by atoms with Crippen LogP contribution in [0.2, 0.25) is 0 Å². The predicted octanol–water partition coefficient (Wildman–Crippen LogP) is 6.03. The number of aryl methyl sites for hydroxylation is 2. The number of halogens is 1. The second-order valence-corrected chi connectivity index (χ2v) is 11.2. The Kier molecular flexibility index (Phi) is 7.16. The summed E-state index contributed by atoms with van der Waals surface area (Å²) in [6.45, 7) is 6.18. The average molecular weight is 492 g/mol. The molecule has 36 heavy (non-hydrogen) atoms. The van der Waals surface area contributed by atoms with Crippen molar-refractivity contribution in [1.29, 1.82) is 0 Å². The number of ether oxygens (including phenoxy) is 1. The van der Waals surface area contributed by atoms with E-state index in [9.17, 15) is 9.18 Å². The van der Waals surface area contributed by atoms with Crippen LogP contribution in [0, 0.1) is 17.7 Å². The normalized spacial score (nSPS) is 21.8. The van der Waals surface area contributed by atoms with Crippen LogP contribution in [-0.4, -0.2) is 46.6 Å². The summed E-state index contributed by atoms with van der Waals surface area (Å²) in [4.78, 5) is 23.4. The zero-order valence-corrected chi connectivity index (χ0v) is 21.7. The van der Waals surface area contributed by atoms with Crippen molar-refractivity contribution < 1.29 is 13.9 Å². The molecule has 0 aliphatic heterocycles. The Balaban J connectivity index is 1.27. The number of fused-ring (bicyclic) bond motifs is 2. The summed E-state index contributed by atoms with van der Waals surface area (Å²) in [6, 6.07) is 13.3. The zero-order valence-electron chi connectivity index (χ0n) is 21.7. The molecular formula is C30H38FN3O2. The molecule has 0 saturated heterocycles. The molecule has 0 unspecified atom stereocenters. The van der Waals surface area contributed by atoms with Gasteiger partial charge >= 0.3 is 5.97 Å². The quantitative estimate of drug-likeness (QED) is 0.352. The van der Waals surface area contributed by atoms with Gasteiger partial charge in [0.2, 0.25) is 0 Å². The van der Waals surface area contributed by atoms with E-state index in [-0.39, 0.29) is 29.5 Å². The Hall–Kier alpha value is -2.73. The minimum atomic E-state index is -0.550. The van der Waals surface area contributed by atoms with Gasteiger partial charge in [-0.1, -0.05) is 32.0 Å². The van der Waals surface area contributed by atoms with Gasteiger partial charge in [-0.25, -0.2) is 9.37 Å². The van der Waals surface area contributed by atoms with Crippen molar-refractivity contribution in [3.8, 4) is 0 Å². The molecule has 0 amide bonds. The maximum Gasteiger partial charge on any atom is 0.309 e. The van der Waals surface area contributed by atoms with Crippen molar-refractivity contribution in [1.82, 2.24) is 14.9 Å². The summed E-state index contributed by atoms with van der Waals surface area (Å²) in [5.41, 5.74) is 3.75. The van der Waals surface area contributed by atoms with Gasteiger partial charge in [0.1, 0.15) is 17.2 Å². The van der Waals surface area contributed by atoms with Crippen LogP contribution in [0.25, 0.3) is 11.0 Å². The number of aromatic nitrogens is 2. The highest BCUT2D eigenvalue weighted by Gasteiger charge is 2.49. The van der Waals surface area contributed by atoms with Gasteiger partial charge in [0, 0.05) is 25.3 Å². The van der Waals surface area contributed by atoms with Crippen molar-refractivity contribution in [2.45, 2.75) is 70.3 Å². The van der Waals surface area contributed by atoms with Crippen molar-refractivity contribution in [3.05, 3.63) is 65.2 Å². The van der Waals surface area contributed by atoms with Crippen molar-refractivity contribution in [2.75, 3.05) is 20.1 Å². The van der Waals surface area contributed by atoms with Crippen molar-refractivity contribution >= 4 is 17.0 Å². The van der Waals surface area contributed by atoms with E-state index < -0.39 is 5.60 Å². The number of para-hydroxylation sites is 2.